The molecule has 1 amide bonds. The molecular formula is C25H20N2O4S. The molecule has 1 heterocycles. The van der Waals surface area contributed by atoms with Gasteiger partial charge in [-0.2, -0.15) is 0 Å². The van der Waals surface area contributed by atoms with Gasteiger partial charge >= 0.3 is 5.97 Å². The fraction of sp³-hybridized carbons (Fsp3) is 0.0800. The van der Waals surface area contributed by atoms with Crippen LogP contribution in [0.25, 0.3) is 0 Å². The lowest BCUT2D eigenvalue weighted by Crippen LogP contribution is -2.11. The Kier molecular flexibility index (Phi) is 6.89. The maximum Gasteiger partial charge on any atom is 0.338 e. The van der Waals surface area contributed by atoms with Crippen molar-refractivity contribution in [3.8, 4) is 5.75 Å². The van der Waals surface area contributed by atoms with E-state index in [2.05, 4.69) is 10.3 Å². The number of nitrogens with zero attached hydrogens (tertiary/aromatic N) is 1. The molecule has 0 saturated heterocycles. The maximum atomic E-state index is 12.3. The van der Waals surface area contributed by atoms with Crippen LogP contribution in [0.5, 0.6) is 5.75 Å². The molecule has 0 bridgehead atoms. The van der Waals surface area contributed by atoms with Gasteiger partial charge in [0.05, 0.1) is 16.8 Å². The van der Waals surface area contributed by atoms with Gasteiger partial charge in [0, 0.05) is 16.6 Å². The number of para-hydroxylation sites is 1. The van der Waals surface area contributed by atoms with Gasteiger partial charge in [-0.25, -0.2) is 9.78 Å². The zero-order valence-electron chi connectivity index (χ0n) is 17.1. The second kappa shape index (κ2) is 10.4. The molecule has 0 fully saturated rings. The number of carbonyl (C=O) groups excluding carboxylic acids is 2. The highest BCUT2D eigenvalue weighted by molar-refractivity contribution is 7.07. The molecule has 7 heteroatoms. The van der Waals surface area contributed by atoms with E-state index in [1.165, 1.54) is 11.3 Å². The lowest BCUT2D eigenvalue weighted by atomic mass is 10.1. The molecule has 1 aromatic heterocycles. The summed E-state index contributed by atoms with van der Waals surface area (Å²) in [7, 11) is 0. The highest BCUT2D eigenvalue weighted by Gasteiger charge is 2.10. The van der Waals surface area contributed by atoms with Gasteiger partial charge in [0.15, 0.2) is 0 Å². The molecule has 4 rings (SSSR count). The van der Waals surface area contributed by atoms with E-state index in [9.17, 15) is 9.59 Å². The minimum absolute atomic E-state index is 0.113. The van der Waals surface area contributed by atoms with Gasteiger partial charge in [-0.05, 0) is 54.1 Å². The first-order valence-electron chi connectivity index (χ1n) is 9.90. The normalized spacial score (nSPS) is 10.4. The molecule has 0 aliphatic carbocycles. The van der Waals surface area contributed by atoms with E-state index in [0.717, 1.165) is 16.9 Å². The largest absolute Gasteiger partial charge is 0.487 e. The lowest BCUT2D eigenvalue weighted by molar-refractivity contribution is 0.0472. The standard InChI is InChI=1S/C25H20N2O4S/c28-24(27-21-4-2-1-3-5-21)19-8-6-18(7-9-19)14-31-25(29)20-10-12-23(13-11-20)30-15-22-16-32-17-26-22/h1-13,16-17H,14-15H2,(H,27,28). The van der Waals surface area contributed by atoms with E-state index >= 15 is 0 Å². The summed E-state index contributed by atoms with van der Waals surface area (Å²) in [5.74, 6) is 0.0256. The number of anilines is 1. The number of hydrogen-bond donors (Lipinski definition) is 1. The van der Waals surface area contributed by atoms with Gasteiger partial charge in [0.2, 0.25) is 0 Å². The molecule has 0 aliphatic heterocycles. The predicted octanol–water partition coefficient (Wildman–Crippen LogP) is 5.33. The van der Waals surface area contributed by atoms with Crippen LogP contribution in [0.2, 0.25) is 0 Å². The van der Waals surface area contributed by atoms with Crippen molar-refractivity contribution in [3.05, 3.63) is 112 Å². The van der Waals surface area contributed by atoms with E-state index in [4.69, 9.17) is 9.47 Å². The van der Waals surface area contributed by atoms with Crippen molar-refractivity contribution in [2.24, 2.45) is 0 Å². The lowest BCUT2D eigenvalue weighted by Gasteiger charge is -2.08. The Morgan fingerprint density at radius 3 is 2.25 bits per heavy atom. The van der Waals surface area contributed by atoms with Crippen LogP contribution < -0.4 is 10.1 Å². The molecular weight excluding hydrogens is 424 g/mol. The van der Waals surface area contributed by atoms with E-state index in [-0.39, 0.29) is 12.5 Å². The zero-order valence-corrected chi connectivity index (χ0v) is 17.9. The Balaban J connectivity index is 1.26. The number of thiazole rings is 1. The fourth-order valence-corrected chi connectivity index (χ4v) is 3.41. The van der Waals surface area contributed by atoms with Crippen LogP contribution in [0.1, 0.15) is 32.0 Å². The second-order valence-electron chi connectivity index (χ2n) is 6.89. The summed E-state index contributed by atoms with van der Waals surface area (Å²) in [5.41, 5.74) is 5.10. The molecule has 0 unspecified atom stereocenters. The summed E-state index contributed by atoms with van der Waals surface area (Å²) in [6.45, 7) is 0.494. The zero-order chi connectivity index (χ0) is 22.2. The van der Waals surface area contributed by atoms with Crippen LogP contribution in [0.3, 0.4) is 0 Å². The highest BCUT2D eigenvalue weighted by Crippen LogP contribution is 2.16. The minimum Gasteiger partial charge on any atom is -0.487 e. The van der Waals surface area contributed by atoms with Gasteiger partial charge < -0.3 is 14.8 Å². The molecule has 3 aromatic carbocycles. The molecule has 160 valence electrons. The summed E-state index contributed by atoms with van der Waals surface area (Å²) in [6, 6.07) is 23.0. The number of hydrogen-bond acceptors (Lipinski definition) is 6. The first kappa shape index (κ1) is 21.3. The minimum atomic E-state index is -0.429. The molecule has 0 aliphatic rings. The number of amides is 1. The Hall–Kier alpha value is -3.97. The van der Waals surface area contributed by atoms with Gasteiger partial charge in [-0.15, -0.1) is 11.3 Å². The third-order valence-corrected chi connectivity index (χ3v) is 5.21. The third kappa shape index (κ3) is 5.80. The Morgan fingerprint density at radius 2 is 1.56 bits per heavy atom. The summed E-state index contributed by atoms with van der Waals surface area (Å²) in [4.78, 5) is 28.8. The van der Waals surface area contributed by atoms with Crippen LogP contribution in [0.15, 0.2) is 89.8 Å². The molecule has 4 aromatic rings. The number of carbonyl (C=O) groups is 2. The number of aromatic nitrogens is 1. The monoisotopic (exact) mass is 444 g/mol. The summed E-state index contributed by atoms with van der Waals surface area (Å²) in [5, 5.41) is 4.76. The SMILES string of the molecule is O=C(Nc1ccccc1)c1ccc(COC(=O)c2ccc(OCc3cscn3)cc2)cc1. The van der Waals surface area contributed by atoms with Crippen LogP contribution in [0.4, 0.5) is 5.69 Å². The van der Waals surface area contributed by atoms with Crippen LogP contribution in [-0.4, -0.2) is 16.9 Å². The van der Waals surface area contributed by atoms with Crippen LogP contribution in [-0.2, 0) is 18.0 Å². The third-order valence-electron chi connectivity index (χ3n) is 4.58. The summed E-state index contributed by atoms with van der Waals surface area (Å²) in [6.07, 6.45) is 0. The molecule has 0 atom stereocenters. The fourth-order valence-electron chi connectivity index (χ4n) is 2.86. The molecule has 0 radical (unpaired) electrons. The number of benzene rings is 3. The highest BCUT2D eigenvalue weighted by atomic mass is 32.1. The van der Waals surface area contributed by atoms with Crippen LogP contribution >= 0.6 is 11.3 Å². The average Bonchev–Trinajstić information content (AvgIpc) is 3.36. The van der Waals surface area contributed by atoms with Gasteiger partial charge in [0.1, 0.15) is 19.0 Å². The second-order valence-corrected chi connectivity index (χ2v) is 7.60. The van der Waals surface area contributed by atoms with E-state index in [1.54, 1.807) is 54.0 Å². The number of nitrogens with one attached hydrogen (secondary N) is 1. The summed E-state index contributed by atoms with van der Waals surface area (Å²) >= 11 is 1.51. The molecule has 1 N–H and O–H groups in total. The van der Waals surface area contributed by atoms with E-state index in [1.807, 2.05) is 35.7 Å². The maximum absolute atomic E-state index is 12.3. The van der Waals surface area contributed by atoms with Crippen LogP contribution in [0, 0.1) is 0 Å². The Labute approximate surface area is 189 Å². The van der Waals surface area contributed by atoms with Crippen molar-refractivity contribution in [3.63, 3.8) is 0 Å². The molecule has 6 nitrogen and oxygen atoms in total. The summed E-state index contributed by atoms with van der Waals surface area (Å²) < 4.78 is 11.0. The van der Waals surface area contributed by atoms with Crippen molar-refractivity contribution in [1.29, 1.82) is 0 Å². The van der Waals surface area contributed by atoms with Crippen molar-refractivity contribution >= 4 is 28.9 Å². The Bertz CT molecular complexity index is 1160. The molecule has 32 heavy (non-hydrogen) atoms. The van der Waals surface area contributed by atoms with Crippen molar-refractivity contribution in [2.75, 3.05) is 5.32 Å². The number of esters is 1. The van der Waals surface area contributed by atoms with Gasteiger partial charge in [0.25, 0.3) is 5.91 Å². The first-order chi connectivity index (χ1) is 15.7. The van der Waals surface area contributed by atoms with Gasteiger partial charge in [-0.3, -0.25) is 4.79 Å². The Morgan fingerprint density at radius 1 is 0.844 bits per heavy atom. The van der Waals surface area contributed by atoms with Crippen molar-refractivity contribution < 1.29 is 19.1 Å². The quantitative estimate of drug-likeness (QED) is 0.372. The predicted molar refractivity (Wildman–Crippen MR) is 123 cm³/mol. The van der Waals surface area contributed by atoms with Gasteiger partial charge in [-0.1, -0.05) is 30.3 Å². The first-order valence-corrected chi connectivity index (χ1v) is 10.8. The average molecular weight is 445 g/mol. The van der Waals surface area contributed by atoms with Crippen molar-refractivity contribution in [1.82, 2.24) is 4.98 Å². The number of rotatable bonds is 8. The van der Waals surface area contributed by atoms with E-state index in [0.29, 0.717) is 23.5 Å². The topological polar surface area (TPSA) is 77.5 Å². The molecule has 0 spiro atoms. The number of ether oxygens (including phenoxy) is 2. The molecule has 0 saturated carbocycles. The van der Waals surface area contributed by atoms with E-state index < -0.39 is 5.97 Å². The van der Waals surface area contributed by atoms with Crippen molar-refractivity contribution in [2.45, 2.75) is 13.2 Å². The smallest absolute Gasteiger partial charge is 0.338 e.